The van der Waals surface area contributed by atoms with E-state index in [0.717, 1.165) is 0 Å². The van der Waals surface area contributed by atoms with Crippen molar-refractivity contribution in [1.82, 2.24) is 5.32 Å². The molecule has 0 saturated carbocycles. The Morgan fingerprint density at radius 3 is 2.40 bits per heavy atom. The van der Waals surface area contributed by atoms with Crippen LogP contribution in [-0.2, 0) is 9.53 Å². The highest BCUT2D eigenvalue weighted by molar-refractivity contribution is 5.93. The summed E-state index contributed by atoms with van der Waals surface area (Å²) in [7, 11) is 0. The first-order chi connectivity index (χ1) is 14.0. The van der Waals surface area contributed by atoms with Crippen LogP contribution in [0.25, 0.3) is 0 Å². The van der Waals surface area contributed by atoms with E-state index in [2.05, 4.69) is 22.5 Å². The molecule has 0 radical (unpaired) electrons. The van der Waals surface area contributed by atoms with E-state index in [9.17, 15) is 19.7 Å². The summed E-state index contributed by atoms with van der Waals surface area (Å²) in [6.07, 6.45) is -0.677. The summed E-state index contributed by atoms with van der Waals surface area (Å²) in [4.78, 5) is 33.8. The molecule has 0 aromatic heterocycles. The molecule has 30 heavy (non-hydrogen) atoms. The van der Waals surface area contributed by atoms with Gasteiger partial charge >= 0.3 is 6.09 Å². The Labute approximate surface area is 173 Å². The molecule has 9 heteroatoms. The first-order valence-corrected chi connectivity index (χ1v) is 8.96. The second-order valence-electron chi connectivity index (χ2n) is 7.26. The molecule has 0 aliphatic carbocycles. The van der Waals surface area contributed by atoms with E-state index < -0.39 is 22.5 Å². The number of alkyl carbamates (subject to hydrolysis) is 1. The number of hydrogen-bond acceptors (Lipinski definition) is 6. The van der Waals surface area contributed by atoms with Gasteiger partial charge < -0.3 is 21.1 Å². The van der Waals surface area contributed by atoms with Gasteiger partial charge in [-0.25, -0.2) is 4.79 Å². The molecule has 0 heterocycles. The molecule has 2 amide bonds. The summed E-state index contributed by atoms with van der Waals surface area (Å²) in [5.74, 6) is 5.27. The summed E-state index contributed by atoms with van der Waals surface area (Å²) in [5.41, 5.74) is 6.92. The number of rotatable bonds is 4. The van der Waals surface area contributed by atoms with Gasteiger partial charge in [0.2, 0.25) is 5.91 Å². The number of nitrogens with one attached hydrogen (secondary N) is 2. The molecule has 4 N–H and O–H groups in total. The van der Waals surface area contributed by atoms with E-state index in [1.807, 2.05) is 0 Å². The Bertz CT molecular complexity index is 1010. The Morgan fingerprint density at radius 2 is 1.80 bits per heavy atom. The summed E-state index contributed by atoms with van der Waals surface area (Å²) >= 11 is 0. The average molecular weight is 410 g/mol. The number of nitro groups is 1. The van der Waals surface area contributed by atoms with Crippen LogP contribution in [0.3, 0.4) is 0 Å². The van der Waals surface area contributed by atoms with Crippen LogP contribution in [0, 0.1) is 22.0 Å². The van der Waals surface area contributed by atoms with Crippen LogP contribution in [-0.4, -0.2) is 29.1 Å². The molecule has 9 nitrogen and oxygen atoms in total. The van der Waals surface area contributed by atoms with Crippen molar-refractivity contribution < 1.29 is 19.2 Å². The summed E-state index contributed by atoms with van der Waals surface area (Å²) in [5, 5.41) is 15.9. The molecule has 0 aliphatic rings. The zero-order chi connectivity index (χ0) is 22.3. The number of amides is 2. The lowest BCUT2D eigenvalue weighted by Gasteiger charge is -2.19. The topological polar surface area (TPSA) is 137 Å². The Balaban J connectivity index is 1.96. The van der Waals surface area contributed by atoms with Crippen LogP contribution in [0.1, 0.15) is 31.9 Å². The highest BCUT2D eigenvalue weighted by Gasteiger charge is 2.16. The van der Waals surface area contributed by atoms with E-state index >= 15 is 0 Å². The molecule has 0 unspecified atom stereocenters. The van der Waals surface area contributed by atoms with Crippen LogP contribution >= 0.6 is 0 Å². The molecule has 2 aromatic carbocycles. The van der Waals surface area contributed by atoms with Gasteiger partial charge in [0.1, 0.15) is 12.1 Å². The zero-order valence-corrected chi connectivity index (χ0v) is 16.8. The third kappa shape index (κ3) is 7.16. The molecule has 156 valence electrons. The van der Waals surface area contributed by atoms with Crippen molar-refractivity contribution in [2.75, 3.05) is 17.6 Å². The second-order valence-corrected chi connectivity index (χ2v) is 7.26. The van der Waals surface area contributed by atoms with Gasteiger partial charge in [-0.2, -0.15) is 0 Å². The van der Waals surface area contributed by atoms with Crippen molar-refractivity contribution >= 4 is 29.1 Å². The number of nitrogen functional groups attached to an aromatic ring is 1. The fraction of sp³-hybridized carbons (Fsp3) is 0.238. The molecule has 0 spiro atoms. The molecule has 2 rings (SSSR count). The largest absolute Gasteiger partial charge is 0.444 e. The predicted octanol–water partition coefficient (Wildman–Crippen LogP) is 3.04. The normalized spacial score (nSPS) is 10.4. The van der Waals surface area contributed by atoms with Gasteiger partial charge in [-0.3, -0.25) is 14.9 Å². The Hall–Kier alpha value is -4.06. The molecule has 0 saturated heterocycles. The number of carbonyl (C=O) groups excluding carboxylic acids is 2. The van der Waals surface area contributed by atoms with Gasteiger partial charge in [-0.15, -0.1) is 0 Å². The minimum absolute atomic E-state index is 0.0912. The number of anilines is 2. The van der Waals surface area contributed by atoms with E-state index in [-0.39, 0.29) is 12.2 Å². The zero-order valence-electron chi connectivity index (χ0n) is 16.8. The summed E-state index contributed by atoms with van der Waals surface area (Å²) in [6, 6.07) is 10.7. The third-order valence-electron chi connectivity index (χ3n) is 3.55. The number of nitrogens with zero attached hydrogens (tertiary/aromatic N) is 1. The minimum Gasteiger partial charge on any atom is -0.444 e. The summed E-state index contributed by atoms with van der Waals surface area (Å²) < 4.78 is 5.05. The van der Waals surface area contributed by atoms with Crippen molar-refractivity contribution in [3.05, 3.63) is 63.7 Å². The molecule has 0 bridgehead atoms. The van der Waals surface area contributed by atoms with Crippen LogP contribution in [0.15, 0.2) is 42.5 Å². The van der Waals surface area contributed by atoms with E-state index in [4.69, 9.17) is 10.5 Å². The Kier molecular flexibility index (Phi) is 6.99. The number of nitro benzene ring substituents is 1. The van der Waals surface area contributed by atoms with Crippen molar-refractivity contribution in [2.45, 2.75) is 26.4 Å². The van der Waals surface area contributed by atoms with E-state index in [0.29, 0.717) is 22.5 Å². The van der Waals surface area contributed by atoms with Gasteiger partial charge in [0.15, 0.2) is 0 Å². The van der Waals surface area contributed by atoms with Crippen molar-refractivity contribution in [3.8, 4) is 11.8 Å². The van der Waals surface area contributed by atoms with E-state index in [1.54, 1.807) is 45.0 Å². The lowest BCUT2D eigenvalue weighted by Crippen LogP contribution is -2.37. The molecule has 2 aromatic rings. The van der Waals surface area contributed by atoms with Crippen molar-refractivity contribution in [3.63, 3.8) is 0 Å². The fourth-order valence-electron chi connectivity index (χ4n) is 2.21. The van der Waals surface area contributed by atoms with Crippen LogP contribution in [0.4, 0.5) is 21.9 Å². The lowest BCUT2D eigenvalue weighted by molar-refractivity contribution is -0.384. The molecule has 0 aliphatic heterocycles. The molecular weight excluding hydrogens is 388 g/mol. The van der Waals surface area contributed by atoms with Crippen molar-refractivity contribution in [2.24, 2.45) is 0 Å². The monoisotopic (exact) mass is 410 g/mol. The smallest absolute Gasteiger partial charge is 0.408 e. The van der Waals surface area contributed by atoms with Gasteiger partial charge in [-0.05, 0) is 51.1 Å². The number of benzene rings is 2. The fourth-order valence-corrected chi connectivity index (χ4v) is 2.21. The van der Waals surface area contributed by atoms with Crippen LogP contribution in [0.2, 0.25) is 0 Å². The van der Waals surface area contributed by atoms with E-state index in [1.165, 1.54) is 18.2 Å². The number of nitrogens with two attached hydrogens (primary N) is 1. The maximum Gasteiger partial charge on any atom is 0.408 e. The second kappa shape index (κ2) is 9.43. The standard InChI is InChI=1S/C21H22N4O5/c1-21(2,3)30-20(27)23-13-19(26)24-16-8-5-14(6-9-16)4-7-15-12-17(25(28)29)10-11-18(15)22/h5-6,8-12H,13,22H2,1-3H3,(H,23,27)(H,24,26). The van der Waals surface area contributed by atoms with Crippen molar-refractivity contribution in [1.29, 1.82) is 0 Å². The Morgan fingerprint density at radius 1 is 1.13 bits per heavy atom. The maximum absolute atomic E-state index is 11.9. The number of carbonyl (C=O) groups is 2. The minimum atomic E-state index is -0.677. The predicted molar refractivity (Wildman–Crippen MR) is 113 cm³/mol. The molecule has 0 fully saturated rings. The summed E-state index contributed by atoms with van der Waals surface area (Å²) in [6.45, 7) is 4.95. The number of non-ortho nitro benzene ring substituents is 1. The van der Waals surface area contributed by atoms with Gasteiger partial charge in [0.05, 0.1) is 10.5 Å². The third-order valence-corrected chi connectivity index (χ3v) is 3.55. The van der Waals surface area contributed by atoms with Gasteiger partial charge in [-0.1, -0.05) is 11.8 Å². The SMILES string of the molecule is CC(C)(C)OC(=O)NCC(=O)Nc1ccc(C#Cc2cc([N+](=O)[O-])ccc2N)cc1. The maximum atomic E-state index is 11.9. The molecular formula is C21H22N4O5. The number of ether oxygens (including phenoxy) is 1. The van der Waals surface area contributed by atoms with Crippen LogP contribution < -0.4 is 16.4 Å². The first kappa shape index (κ1) is 22.2. The van der Waals surface area contributed by atoms with Crippen LogP contribution in [0.5, 0.6) is 0 Å². The number of hydrogen-bond donors (Lipinski definition) is 3. The van der Waals surface area contributed by atoms with Gasteiger partial charge in [0.25, 0.3) is 5.69 Å². The van der Waals surface area contributed by atoms with Gasteiger partial charge in [0, 0.05) is 29.1 Å². The molecule has 0 atom stereocenters. The lowest BCUT2D eigenvalue weighted by atomic mass is 10.1. The quantitative estimate of drug-likeness (QED) is 0.307. The highest BCUT2D eigenvalue weighted by atomic mass is 16.6. The average Bonchev–Trinajstić information content (AvgIpc) is 2.65. The highest BCUT2D eigenvalue weighted by Crippen LogP contribution is 2.19. The first-order valence-electron chi connectivity index (χ1n) is 8.96.